The van der Waals surface area contributed by atoms with Crippen LogP contribution >= 0.6 is 0 Å². The number of anilines is 1. The van der Waals surface area contributed by atoms with Crippen molar-refractivity contribution in [3.63, 3.8) is 0 Å². The van der Waals surface area contributed by atoms with Gasteiger partial charge in [0.2, 0.25) is 5.91 Å². The molecule has 0 atom stereocenters. The van der Waals surface area contributed by atoms with E-state index in [2.05, 4.69) is 5.32 Å². The average molecular weight is 265 g/mol. The number of carbonyl (C=O) groups is 1. The minimum atomic E-state index is -4.80. The molecule has 1 aromatic carbocycles. The van der Waals surface area contributed by atoms with Gasteiger partial charge in [0.15, 0.2) is 0 Å². The third kappa shape index (κ3) is 3.99. The predicted molar refractivity (Wildman–Crippen MR) is 56.5 cm³/mol. The van der Waals surface area contributed by atoms with Crippen LogP contribution in [0.3, 0.4) is 0 Å². The van der Waals surface area contributed by atoms with E-state index in [0.29, 0.717) is 18.7 Å². The Hall–Kier alpha value is -1.63. The van der Waals surface area contributed by atoms with E-state index in [1.165, 1.54) is 0 Å². The van der Waals surface area contributed by atoms with Crippen LogP contribution < -0.4 is 5.32 Å². The van der Waals surface area contributed by atoms with Gasteiger partial charge in [0.25, 0.3) is 0 Å². The summed E-state index contributed by atoms with van der Waals surface area (Å²) in [5, 5.41) is 2.19. The molecule has 0 aromatic heterocycles. The first-order chi connectivity index (χ1) is 8.34. The minimum absolute atomic E-state index is 0.131. The van der Waals surface area contributed by atoms with Crippen molar-refractivity contribution in [3.8, 4) is 0 Å². The number of benzene rings is 1. The molecule has 3 nitrogen and oxygen atoms in total. The summed E-state index contributed by atoms with van der Waals surface area (Å²) in [7, 11) is 0. The van der Waals surface area contributed by atoms with Crippen molar-refractivity contribution in [1.82, 2.24) is 0 Å². The second-order valence-electron chi connectivity index (χ2n) is 3.38. The van der Waals surface area contributed by atoms with Crippen LogP contribution in [0.25, 0.3) is 0 Å². The Labute approximate surface area is 101 Å². The van der Waals surface area contributed by atoms with Crippen LogP contribution in [0.5, 0.6) is 0 Å². The smallest absolute Gasteiger partial charge is 0.372 e. The SMILES string of the molecule is CCOCC(=O)Nc1ccc(F)c(C(F)(F)F)c1. The standard InChI is InChI=1S/C11H11F4NO2/c1-2-18-6-10(17)16-7-3-4-9(12)8(5-7)11(13,14)15/h3-5H,2,6H2,1H3,(H,16,17). The number of amides is 1. The molecule has 0 unspecified atom stereocenters. The quantitative estimate of drug-likeness (QED) is 0.850. The molecule has 100 valence electrons. The van der Waals surface area contributed by atoms with Gasteiger partial charge in [-0.2, -0.15) is 13.2 Å². The normalized spacial score (nSPS) is 11.4. The molecule has 0 spiro atoms. The lowest BCUT2D eigenvalue weighted by Crippen LogP contribution is -2.19. The summed E-state index contributed by atoms with van der Waals surface area (Å²) in [6.07, 6.45) is -4.80. The van der Waals surface area contributed by atoms with E-state index in [1.807, 2.05) is 0 Å². The van der Waals surface area contributed by atoms with Gasteiger partial charge in [0.1, 0.15) is 12.4 Å². The molecule has 0 aliphatic heterocycles. The van der Waals surface area contributed by atoms with Crippen LogP contribution in [0.2, 0.25) is 0 Å². The molecular formula is C11H11F4NO2. The molecule has 0 saturated heterocycles. The molecule has 18 heavy (non-hydrogen) atoms. The molecule has 0 bridgehead atoms. The van der Waals surface area contributed by atoms with E-state index in [9.17, 15) is 22.4 Å². The van der Waals surface area contributed by atoms with Gasteiger partial charge in [-0.25, -0.2) is 4.39 Å². The molecule has 0 heterocycles. The Morgan fingerprint density at radius 1 is 1.39 bits per heavy atom. The van der Waals surface area contributed by atoms with Crippen LogP contribution in [0.15, 0.2) is 18.2 Å². The molecule has 0 aliphatic rings. The number of nitrogens with one attached hydrogen (secondary N) is 1. The summed E-state index contributed by atoms with van der Waals surface area (Å²) in [4.78, 5) is 11.2. The Kier molecular flexibility index (Phi) is 4.66. The topological polar surface area (TPSA) is 38.3 Å². The molecule has 7 heteroatoms. The van der Waals surface area contributed by atoms with Gasteiger partial charge in [0.05, 0.1) is 5.56 Å². The van der Waals surface area contributed by atoms with Gasteiger partial charge in [-0.1, -0.05) is 0 Å². The number of hydrogen-bond acceptors (Lipinski definition) is 2. The molecule has 0 aliphatic carbocycles. The van der Waals surface area contributed by atoms with Crippen LogP contribution in [0.1, 0.15) is 12.5 Å². The maximum absolute atomic E-state index is 12.9. The van der Waals surface area contributed by atoms with E-state index in [-0.39, 0.29) is 12.3 Å². The van der Waals surface area contributed by atoms with E-state index in [1.54, 1.807) is 6.92 Å². The van der Waals surface area contributed by atoms with Gasteiger partial charge in [0, 0.05) is 12.3 Å². The average Bonchev–Trinajstić information content (AvgIpc) is 2.27. The van der Waals surface area contributed by atoms with Crippen LogP contribution in [-0.2, 0) is 15.7 Å². The fourth-order valence-electron chi connectivity index (χ4n) is 1.21. The predicted octanol–water partition coefficient (Wildman–Crippen LogP) is 2.82. The molecule has 0 saturated carbocycles. The lowest BCUT2D eigenvalue weighted by atomic mass is 10.2. The van der Waals surface area contributed by atoms with Crippen molar-refractivity contribution in [3.05, 3.63) is 29.6 Å². The van der Waals surface area contributed by atoms with Crippen molar-refractivity contribution < 1.29 is 27.1 Å². The largest absolute Gasteiger partial charge is 0.419 e. The number of rotatable bonds is 4. The van der Waals surface area contributed by atoms with E-state index in [0.717, 1.165) is 6.07 Å². The number of ether oxygens (including phenoxy) is 1. The number of halogens is 4. The van der Waals surface area contributed by atoms with Crippen LogP contribution in [0, 0.1) is 5.82 Å². The first kappa shape index (κ1) is 14.4. The monoisotopic (exact) mass is 265 g/mol. The van der Waals surface area contributed by atoms with Gasteiger partial charge < -0.3 is 10.1 Å². The number of carbonyl (C=O) groups excluding carboxylic acids is 1. The van der Waals surface area contributed by atoms with Gasteiger partial charge in [-0.05, 0) is 25.1 Å². The highest BCUT2D eigenvalue weighted by Gasteiger charge is 2.34. The maximum atomic E-state index is 12.9. The Bertz CT molecular complexity index is 432. The first-order valence-corrected chi connectivity index (χ1v) is 5.09. The first-order valence-electron chi connectivity index (χ1n) is 5.09. The third-order valence-electron chi connectivity index (χ3n) is 1.99. The van der Waals surface area contributed by atoms with Crippen LogP contribution in [-0.4, -0.2) is 19.1 Å². The minimum Gasteiger partial charge on any atom is -0.372 e. The molecule has 0 radical (unpaired) electrons. The zero-order valence-corrected chi connectivity index (χ0v) is 9.47. The molecule has 1 N–H and O–H groups in total. The zero-order chi connectivity index (χ0) is 13.8. The Morgan fingerprint density at radius 3 is 2.61 bits per heavy atom. The Balaban J connectivity index is 2.83. The summed E-state index contributed by atoms with van der Waals surface area (Å²) in [6.45, 7) is 1.72. The summed E-state index contributed by atoms with van der Waals surface area (Å²) >= 11 is 0. The second kappa shape index (κ2) is 5.81. The number of alkyl halides is 3. The van der Waals surface area contributed by atoms with Crippen LogP contribution in [0.4, 0.5) is 23.2 Å². The van der Waals surface area contributed by atoms with Gasteiger partial charge >= 0.3 is 6.18 Å². The lowest BCUT2D eigenvalue weighted by molar-refractivity contribution is -0.140. The van der Waals surface area contributed by atoms with Crippen molar-refractivity contribution in [2.75, 3.05) is 18.5 Å². The van der Waals surface area contributed by atoms with E-state index >= 15 is 0 Å². The highest BCUT2D eigenvalue weighted by molar-refractivity contribution is 5.91. The van der Waals surface area contributed by atoms with E-state index < -0.39 is 23.5 Å². The van der Waals surface area contributed by atoms with Gasteiger partial charge in [-0.15, -0.1) is 0 Å². The lowest BCUT2D eigenvalue weighted by Gasteiger charge is -2.11. The maximum Gasteiger partial charge on any atom is 0.419 e. The second-order valence-corrected chi connectivity index (χ2v) is 3.38. The molecular weight excluding hydrogens is 254 g/mol. The fraction of sp³-hybridized carbons (Fsp3) is 0.364. The summed E-state index contributed by atoms with van der Waals surface area (Å²) in [6, 6.07) is 2.24. The third-order valence-corrected chi connectivity index (χ3v) is 1.99. The van der Waals surface area contributed by atoms with Crippen molar-refractivity contribution in [2.24, 2.45) is 0 Å². The van der Waals surface area contributed by atoms with Crippen molar-refractivity contribution >= 4 is 11.6 Å². The molecule has 1 aromatic rings. The highest BCUT2D eigenvalue weighted by atomic mass is 19.4. The molecule has 0 fully saturated rings. The molecule has 1 amide bonds. The van der Waals surface area contributed by atoms with Gasteiger partial charge in [-0.3, -0.25) is 4.79 Å². The number of hydrogen-bond donors (Lipinski definition) is 1. The zero-order valence-electron chi connectivity index (χ0n) is 9.47. The van der Waals surface area contributed by atoms with Crippen molar-refractivity contribution in [1.29, 1.82) is 0 Å². The highest BCUT2D eigenvalue weighted by Crippen LogP contribution is 2.32. The Morgan fingerprint density at radius 2 is 2.06 bits per heavy atom. The fourth-order valence-corrected chi connectivity index (χ4v) is 1.21. The summed E-state index contributed by atoms with van der Waals surface area (Å²) in [5.41, 5.74) is -1.55. The summed E-state index contributed by atoms with van der Waals surface area (Å²) in [5.74, 6) is -1.98. The summed E-state index contributed by atoms with van der Waals surface area (Å²) < 4.78 is 54.9. The molecule has 1 rings (SSSR count). The van der Waals surface area contributed by atoms with E-state index in [4.69, 9.17) is 4.74 Å². The van der Waals surface area contributed by atoms with Crippen molar-refractivity contribution in [2.45, 2.75) is 13.1 Å².